The fourth-order valence-corrected chi connectivity index (χ4v) is 3.38. The minimum Gasteiger partial charge on any atom is -0.495 e. The molecule has 0 aliphatic carbocycles. The van der Waals surface area contributed by atoms with E-state index in [1.165, 1.54) is 13.3 Å². The van der Waals surface area contributed by atoms with Crippen LogP contribution in [0.1, 0.15) is 30.9 Å². The predicted molar refractivity (Wildman–Crippen MR) is 140 cm³/mol. The van der Waals surface area contributed by atoms with E-state index >= 15 is 0 Å². The highest BCUT2D eigenvalue weighted by molar-refractivity contribution is 6.31. The van der Waals surface area contributed by atoms with Gasteiger partial charge in [-0.25, -0.2) is 5.43 Å². The number of ether oxygens (including phenoxy) is 3. The average molecular weight is 510 g/mol. The van der Waals surface area contributed by atoms with E-state index in [0.29, 0.717) is 46.7 Å². The van der Waals surface area contributed by atoms with E-state index in [-0.39, 0.29) is 24.7 Å². The molecule has 3 aromatic rings. The first kappa shape index (κ1) is 26.6. The summed E-state index contributed by atoms with van der Waals surface area (Å²) in [5.74, 6) is 0.983. The predicted octanol–water partition coefficient (Wildman–Crippen LogP) is 5.20. The molecule has 2 amide bonds. The summed E-state index contributed by atoms with van der Waals surface area (Å²) in [6.45, 7) is 2.63. The molecule has 0 fully saturated rings. The summed E-state index contributed by atoms with van der Waals surface area (Å²) in [4.78, 5) is 24.3. The van der Waals surface area contributed by atoms with Gasteiger partial charge in [-0.2, -0.15) is 5.10 Å². The Morgan fingerprint density at radius 1 is 0.917 bits per heavy atom. The summed E-state index contributed by atoms with van der Waals surface area (Å²) in [5, 5.41) is 7.34. The minimum absolute atomic E-state index is 0.00531. The van der Waals surface area contributed by atoms with Crippen LogP contribution in [0.2, 0.25) is 5.02 Å². The first-order valence-electron chi connectivity index (χ1n) is 11.4. The number of halogens is 1. The number of hydrogen-bond donors (Lipinski definition) is 2. The SMILES string of the molecule is CCOc1cc(C=NNC(=O)CCC(=O)Nc2ccccc2OC)ccc1OCc1ccccc1Cl. The Bertz CT molecular complexity index is 1220. The van der Waals surface area contributed by atoms with Gasteiger partial charge in [0.25, 0.3) is 0 Å². The van der Waals surface area contributed by atoms with Crippen LogP contribution in [0.15, 0.2) is 71.8 Å². The Labute approximate surface area is 215 Å². The zero-order valence-corrected chi connectivity index (χ0v) is 20.9. The Hall–Kier alpha value is -4.04. The first-order valence-corrected chi connectivity index (χ1v) is 11.8. The van der Waals surface area contributed by atoms with Crippen molar-refractivity contribution in [1.82, 2.24) is 5.43 Å². The number of nitrogens with zero attached hydrogens (tertiary/aromatic N) is 1. The third-order valence-electron chi connectivity index (χ3n) is 4.97. The summed E-state index contributed by atoms with van der Waals surface area (Å²) in [7, 11) is 1.52. The van der Waals surface area contributed by atoms with Crippen molar-refractivity contribution in [2.45, 2.75) is 26.4 Å². The molecular weight excluding hydrogens is 482 g/mol. The largest absolute Gasteiger partial charge is 0.495 e. The lowest BCUT2D eigenvalue weighted by molar-refractivity contribution is -0.124. The van der Waals surface area contributed by atoms with E-state index in [0.717, 1.165) is 5.56 Å². The van der Waals surface area contributed by atoms with Crippen molar-refractivity contribution in [3.8, 4) is 17.2 Å². The second-order valence-corrected chi connectivity index (χ2v) is 7.97. The van der Waals surface area contributed by atoms with Gasteiger partial charge in [-0.05, 0) is 48.9 Å². The Morgan fingerprint density at radius 2 is 1.67 bits per heavy atom. The van der Waals surface area contributed by atoms with Gasteiger partial charge in [0.2, 0.25) is 11.8 Å². The van der Waals surface area contributed by atoms with Gasteiger partial charge in [-0.3, -0.25) is 9.59 Å². The van der Waals surface area contributed by atoms with E-state index in [9.17, 15) is 9.59 Å². The molecule has 188 valence electrons. The highest BCUT2D eigenvalue weighted by atomic mass is 35.5. The van der Waals surface area contributed by atoms with Crippen molar-refractivity contribution in [2.24, 2.45) is 5.10 Å². The maximum atomic E-state index is 12.2. The molecule has 0 atom stereocenters. The van der Waals surface area contributed by atoms with E-state index in [1.54, 1.807) is 42.5 Å². The zero-order chi connectivity index (χ0) is 25.8. The molecule has 3 aromatic carbocycles. The molecule has 3 rings (SSSR count). The number of nitrogens with one attached hydrogen (secondary N) is 2. The zero-order valence-electron chi connectivity index (χ0n) is 20.1. The number of rotatable bonds is 12. The van der Waals surface area contributed by atoms with Crippen molar-refractivity contribution in [2.75, 3.05) is 19.0 Å². The van der Waals surface area contributed by atoms with Crippen LogP contribution in [-0.2, 0) is 16.2 Å². The lowest BCUT2D eigenvalue weighted by atomic mass is 10.2. The fraction of sp³-hybridized carbons (Fsp3) is 0.222. The number of hydrazone groups is 1. The average Bonchev–Trinajstić information content (AvgIpc) is 2.88. The maximum absolute atomic E-state index is 12.2. The number of hydrogen-bond acceptors (Lipinski definition) is 6. The van der Waals surface area contributed by atoms with Gasteiger partial charge in [0, 0.05) is 23.4 Å². The summed E-state index contributed by atoms with van der Waals surface area (Å²) in [6.07, 6.45) is 1.48. The van der Waals surface area contributed by atoms with Crippen LogP contribution in [0.5, 0.6) is 17.2 Å². The number of benzene rings is 3. The maximum Gasteiger partial charge on any atom is 0.240 e. The van der Waals surface area contributed by atoms with Crippen LogP contribution >= 0.6 is 11.6 Å². The van der Waals surface area contributed by atoms with Crippen molar-refractivity contribution in [1.29, 1.82) is 0 Å². The molecule has 0 bridgehead atoms. The highest BCUT2D eigenvalue weighted by Crippen LogP contribution is 2.29. The van der Waals surface area contributed by atoms with E-state index in [4.69, 9.17) is 25.8 Å². The molecule has 0 aliphatic rings. The molecule has 0 heterocycles. The van der Waals surface area contributed by atoms with E-state index in [1.807, 2.05) is 31.2 Å². The highest BCUT2D eigenvalue weighted by Gasteiger charge is 2.10. The topological polar surface area (TPSA) is 98.2 Å². The molecule has 0 spiro atoms. The van der Waals surface area contributed by atoms with Crippen LogP contribution in [0, 0.1) is 0 Å². The summed E-state index contributed by atoms with van der Waals surface area (Å²) in [6, 6.07) is 19.9. The molecule has 36 heavy (non-hydrogen) atoms. The molecule has 8 nitrogen and oxygen atoms in total. The summed E-state index contributed by atoms with van der Waals surface area (Å²) in [5.41, 5.74) is 4.55. The van der Waals surface area contributed by atoms with E-state index < -0.39 is 0 Å². The van der Waals surface area contributed by atoms with Crippen molar-refractivity contribution >= 4 is 35.3 Å². The van der Waals surface area contributed by atoms with Gasteiger partial charge in [0.05, 0.1) is 25.6 Å². The normalized spacial score (nSPS) is 10.6. The quantitative estimate of drug-likeness (QED) is 0.258. The third-order valence-corrected chi connectivity index (χ3v) is 5.34. The minimum atomic E-state index is -0.383. The van der Waals surface area contributed by atoms with Crippen LogP contribution in [-0.4, -0.2) is 31.7 Å². The molecule has 0 saturated heterocycles. The van der Waals surface area contributed by atoms with Gasteiger partial charge in [0.15, 0.2) is 11.5 Å². The smallest absolute Gasteiger partial charge is 0.240 e. The molecule has 0 saturated carbocycles. The van der Waals surface area contributed by atoms with Gasteiger partial charge in [-0.15, -0.1) is 0 Å². The molecule has 0 unspecified atom stereocenters. The molecule has 2 N–H and O–H groups in total. The monoisotopic (exact) mass is 509 g/mol. The number of methoxy groups -OCH3 is 1. The second-order valence-electron chi connectivity index (χ2n) is 7.56. The molecule has 9 heteroatoms. The lowest BCUT2D eigenvalue weighted by Gasteiger charge is -2.13. The molecule has 0 radical (unpaired) electrons. The summed E-state index contributed by atoms with van der Waals surface area (Å²) >= 11 is 6.20. The van der Waals surface area contributed by atoms with Crippen LogP contribution < -0.4 is 25.0 Å². The van der Waals surface area contributed by atoms with Gasteiger partial charge in [-0.1, -0.05) is 41.9 Å². The Kier molecular flexibility index (Phi) is 10.1. The number of carbonyl (C=O) groups is 2. The number of anilines is 1. The van der Waals surface area contributed by atoms with Crippen LogP contribution in [0.4, 0.5) is 5.69 Å². The molecule has 0 aliphatic heterocycles. The van der Waals surface area contributed by atoms with Crippen molar-refractivity contribution < 1.29 is 23.8 Å². The molecular formula is C27H28ClN3O5. The van der Waals surface area contributed by atoms with Crippen LogP contribution in [0.3, 0.4) is 0 Å². The second kappa shape index (κ2) is 13.7. The summed E-state index contributed by atoms with van der Waals surface area (Å²) < 4.78 is 16.8. The standard InChI is InChI=1S/C27H28ClN3O5/c1-3-35-25-16-19(12-13-24(25)36-18-20-8-4-5-9-21(20)28)17-29-31-27(33)15-14-26(32)30-22-10-6-7-11-23(22)34-2/h4-13,16-17H,3,14-15,18H2,1-2H3,(H,30,32)(H,31,33). The van der Waals surface area contributed by atoms with Crippen LogP contribution in [0.25, 0.3) is 0 Å². The van der Waals surface area contributed by atoms with Crippen molar-refractivity contribution in [3.05, 3.63) is 82.9 Å². The number of para-hydroxylation sites is 2. The van der Waals surface area contributed by atoms with E-state index in [2.05, 4.69) is 15.8 Å². The number of amides is 2. The number of carbonyl (C=O) groups excluding carboxylic acids is 2. The van der Waals surface area contributed by atoms with Crippen molar-refractivity contribution in [3.63, 3.8) is 0 Å². The first-order chi connectivity index (χ1) is 17.5. The third kappa shape index (κ3) is 8.02. The Morgan fingerprint density at radius 3 is 2.44 bits per heavy atom. The fourth-order valence-electron chi connectivity index (χ4n) is 3.19. The molecule has 0 aromatic heterocycles. The lowest BCUT2D eigenvalue weighted by Crippen LogP contribution is -2.20. The van der Waals surface area contributed by atoms with Gasteiger partial charge in [0.1, 0.15) is 12.4 Å². The Balaban J connectivity index is 1.50. The van der Waals surface area contributed by atoms with Gasteiger partial charge < -0.3 is 19.5 Å². The van der Waals surface area contributed by atoms with Gasteiger partial charge >= 0.3 is 0 Å².